The van der Waals surface area contributed by atoms with Crippen LogP contribution in [-0.2, 0) is 0 Å². The van der Waals surface area contributed by atoms with Crippen LogP contribution in [-0.4, -0.2) is 49.3 Å². The highest BCUT2D eigenvalue weighted by molar-refractivity contribution is 5.16. The third kappa shape index (κ3) is 8.87. The zero-order chi connectivity index (χ0) is 50.7. The number of hydrogen-bond acceptors (Lipinski definition) is 8. The summed E-state index contributed by atoms with van der Waals surface area (Å²) in [5.74, 6) is 16.8. The smallest absolute Gasteiger partial charge is 0.0631 e. The van der Waals surface area contributed by atoms with E-state index in [-0.39, 0.29) is 49.3 Å². The normalized spacial score (nSPS) is 54.6. The Morgan fingerprint density at radius 2 is 0.296 bits per heavy atom. The molecule has 0 radical (unpaired) electrons. The van der Waals surface area contributed by atoms with Crippen molar-refractivity contribution in [3.05, 3.63) is 0 Å². The third-order valence-corrected chi connectivity index (χ3v) is 25.6. The Bertz CT molecular complexity index is 1670. The molecule has 5 aliphatic heterocycles. The minimum Gasteiger partial charge on any atom is -0.286 e. The van der Waals surface area contributed by atoms with Gasteiger partial charge in [-0.2, -0.15) is 0 Å². The SMILES string of the molecule is CCC1C(C)C2C3NC(NC4NC(NC5NC(NC6NC(N3)C3C(CC)C(CC)C(CC)C(CC)C63)C3C(CC)C(CC)C(CC)C(CC)C53)C3C(CC)C(CC)C(CC)C(CC)C43)C2C(CC)C1CC. The van der Waals surface area contributed by atoms with Crippen molar-refractivity contribution >= 4 is 0 Å². The monoisotopic (exact) mass is 987 g/mol. The van der Waals surface area contributed by atoms with E-state index in [1.165, 1.54) is 96.3 Å². The van der Waals surface area contributed by atoms with Crippen molar-refractivity contribution < 1.29 is 0 Å². The van der Waals surface area contributed by atoms with E-state index >= 15 is 0 Å². The van der Waals surface area contributed by atoms with E-state index in [0.29, 0.717) is 53.3 Å². The van der Waals surface area contributed by atoms with Gasteiger partial charge >= 0.3 is 0 Å². The lowest BCUT2D eigenvalue weighted by atomic mass is 9.53. The Morgan fingerprint density at radius 1 is 0.169 bits per heavy atom. The van der Waals surface area contributed by atoms with Crippen molar-refractivity contribution in [2.75, 3.05) is 0 Å². The molecule has 0 amide bonds. The van der Waals surface area contributed by atoms with E-state index in [1.54, 1.807) is 0 Å². The van der Waals surface area contributed by atoms with Gasteiger partial charge in [0.2, 0.25) is 0 Å². The minimum absolute atomic E-state index is 0.276. The van der Waals surface area contributed by atoms with Crippen LogP contribution in [0.5, 0.6) is 0 Å². The lowest BCUT2D eigenvalue weighted by Gasteiger charge is -2.54. The molecule has 9 aliphatic rings. The topological polar surface area (TPSA) is 96.2 Å². The van der Waals surface area contributed by atoms with Crippen molar-refractivity contribution in [2.45, 2.75) is 256 Å². The van der Waals surface area contributed by atoms with Crippen LogP contribution < -0.4 is 42.5 Å². The molecule has 8 bridgehead atoms. The molecule has 5 saturated heterocycles. The second-order valence-electron chi connectivity index (χ2n) is 26.7. The van der Waals surface area contributed by atoms with Crippen molar-refractivity contribution in [3.8, 4) is 0 Å². The van der Waals surface area contributed by atoms with E-state index in [0.717, 1.165) is 88.8 Å². The Hall–Kier alpha value is -0.320. The molecule has 71 heavy (non-hydrogen) atoms. The van der Waals surface area contributed by atoms with E-state index in [4.69, 9.17) is 21.3 Å². The number of fused-ring (bicyclic) bond motifs is 20. The molecular weight excluding hydrogens is 869 g/mol. The standard InChI is InChI=1S/C63H118N8/c1-17-33-32(16)48-49(41(25-9)34(33)18-2)57-64-56(48)65-58-50-42(26-10)35(19-3)36(20-4)43(27-11)51(50)60(67-58)69-62-54-46(30-14)39(23-7)40(24-8)47(31-15)55(54)63(71-62)70-61-53-45(29-13)38(22-6)37(21-5)44(28-12)52(53)59(66-57)68-61/h32-71H,17-31H2,1-16H3. The van der Waals surface area contributed by atoms with Crippen LogP contribution in [0.25, 0.3) is 0 Å². The Morgan fingerprint density at radius 3 is 0.451 bits per heavy atom. The first-order valence-electron chi connectivity index (χ1n) is 32.6. The van der Waals surface area contributed by atoms with Crippen LogP contribution in [0.15, 0.2) is 0 Å². The molecule has 0 aromatic heterocycles. The van der Waals surface area contributed by atoms with Gasteiger partial charge in [-0.15, -0.1) is 0 Å². The van der Waals surface area contributed by atoms with Crippen molar-refractivity contribution in [1.82, 2.24) is 42.5 Å². The summed E-state index contributed by atoms with van der Waals surface area (Å²) in [7, 11) is 0. The van der Waals surface area contributed by atoms with Crippen LogP contribution in [0.1, 0.15) is 207 Å². The van der Waals surface area contributed by atoms with Gasteiger partial charge in [0.25, 0.3) is 0 Å². The molecule has 8 heteroatoms. The van der Waals surface area contributed by atoms with Crippen molar-refractivity contribution in [2.24, 2.45) is 142 Å². The highest BCUT2D eigenvalue weighted by atomic mass is 15.4. The van der Waals surface area contributed by atoms with E-state index < -0.39 is 0 Å². The molecular formula is C63H118N8. The Kier molecular flexibility index (Phi) is 18.2. The summed E-state index contributed by atoms with van der Waals surface area (Å²) in [5, 5.41) is 37.6. The molecule has 9 rings (SSSR count). The molecule has 8 nitrogen and oxygen atoms in total. The van der Waals surface area contributed by atoms with Crippen LogP contribution in [0, 0.1) is 142 Å². The van der Waals surface area contributed by atoms with E-state index in [1.807, 2.05) is 0 Å². The van der Waals surface area contributed by atoms with Gasteiger partial charge in [0.1, 0.15) is 0 Å². The molecule has 9 fully saturated rings. The highest BCUT2D eigenvalue weighted by Gasteiger charge is 2.65. The van der Waals surface area contributed by atoms with Gasteiger partial charge < -0.3 is 0 Å². The molecule has 8 N–H and O–H groups in total. The maximum atomic E-state index is 4.76. The van der Waals surface area contributed by atoms with Gasteiger partial charge in [-0.05, 0) is 142 Å². The van der Waals surface area contributed by atoms with Gasteiger partial charge in [0.15, 0.2) is 0 Å². The summed E-state index contributed by atoms with van der Waals surface area (Å²) in [5.41, 5.74) is 0. The maximum absolute atomic E-state index is 4.76. The average molecular weight is 988 g/mol. The molecule has 0 aromatic rings. The molecule has 0 spiro atoms. The molecule has 4 aliphatic carbocycles. The lowest BCUT2D eigenvalue weighted by molar-refractivity contribution is -0.0496. The zero-order valence-corrected chi connectivity index (χ0v) is 49.1. The fourth-order valence-electron chi connectivity index (χ4n) is 23.7. The summed E-state index contributed by atoms with van der Waals surface area (Å²) < 4.78 is 0. The second-order valence-corrected chi connectivity index (χ2v) is 26.7. The predicted molar refractivity (Wildman–Crippen MR) is 299 cm³/mol. The number of rotatable bonds is 15. The van der Waals surface area contributed by atoms with Crippen LogP contribution in [0.3, 0.4) is 0 Å². The van der Waals surface area contributed by atoms with Crippen LogP contribution >= 0.6 is 0 Å². The average Bonchev–Trinajstić information content (AvgIpc) is 4.14. The van der Waals surface area contributed by atoms with Gasteiger partial charge in [0, 0.05) is 0 Å². The molecule has 0 aromatic carbocycles. The summed E-state index contributed by atoms with van der Waals surface area (Å²) in [6.45, 7) is 41.0. The number of hydrogen-bond donors (Lipinski definition) is 8. The fraction of sp³-hybridized carbons (Fsp3) is 1.00. The minimum atomic E-state index is 0.276. The van der Waals surface area contributed by atoms with Gasteiger partial charge in [-0.1, -0.05) is 207 Å². The Labute approximate surface area is 439 Å². The lowest BCUT2D eigenvalue weighted by Crippen LogP contribution is -2.62. The molecule has 32 unspecified atom stereocenters. The van der Waals surface area contributed by atoms with Gasteiger partial charge in [-0.3, -0.25) is 42.5 Å². The predicted octanol–water partition coefficient (Wildman–Crippen LogP) is 12.4. The van der Waals surface area contributed by atoms with Crippen molar-refractivity contribution in [3.63, 3.8) is 0 Å². The summed E-state index contributed by atoms with van der Waals surface area (Å²) in [6.07, 6.45) is 21.7. The first-order valence-corrected chi connectivity index (χ1v) is 32.6. The second kappa shape index (κ2) is 23.3. The fourth-order valence-corrected chi connectivity index (χ4v) is 23.7. The number of nitrogens with one attached hydrogen (secondary N) is 8. The van der Waals surface area contributed by atoms with Crippen molar-refractivity contribution in [1.29, 1.82) is 0 Å². The summed E-state index contributed by atoms with van der Waals surface area (Å²) in [4.78, 5) is 0. The molecule has 32 atom stereocenters. The van der Waals surface area contributed by atoms with Crippen LogP contribution in [0.4, 0.5) is 0 Å². The molecule has 410 valence electrons. The van der Waals surface area contributed by atoms with Gasteiger partial charge in [0.05, 0.1) is 49.3 Å². The quantitative estimate of drug-likeness (QED) is 0.0822. The Balaban J connectivity index is 1.23. The maximum Gasteiger partial charge on any atom is 0.0631 e. The third-order valence-electron chi connectivity index (χ3n) is 25.6. The molecule has 5 heterocycles. The molecule has 4 saturated carbocycles. The zero-order valence-electron chi connectivity index (χ0n) is 49.1. The van der Waals surface area contributed by atoms with E-state index in [9.17, 15) is 0 Å². The summed E-state index contributed by atoms with van der Waals surface area (Å²) in [6, 6.07) is 0. The largest absolute Gasteiger partial charge is 0.286 e. The highest BCUT2D eigenvalue weighted by Crippen LogP contribution is 2.61. The van der Waals surface area contributed by atoms with E-state index in [2.05, 4.69) is 132 Å². The van der Waals surface area contributed by atoms with Gasteiger partial charge in [-0.25, -0.2) is 0 Å². The first-order chi connectivity index (χ1) is 34.5. The first kappa shape index (κ1) is 55.4. The summed E-state index contributed by atoms with van der Waals surface area (Å²) >= 11 is 0. The van der Waals surface area contributed by atoms with Crippen LogP contribution in [0.2, 0.25) is 0 Å².